The summed E-state index contributed by atoms with van der Waals surface area (Å²) in [6.07, 6.45) is 4.00. The van der Waals surface area contributed by atoms with E-state index < -0.39 is 0 Å². The summed E-state index contributed by atoms with van der Waals surface area (Å²) in [7, 11) is 0. The van der Waals surface area contributed by atoms with Gasteiger partial charge in [0.2, 0.25) is 11.9 Å². The van der Waals surface area contributed by atoms with E-state index in [-0.39, 0.29) is 11.9 Å². The molecule has 1 unspecified atom stereocenters. The second-order valence-electron chi connectivity index (χ2n) is 9.76. The number of ether oxygens (including phenoxy) is 1. The fourth-order valence-corrected chi connectivity index (χ4v) is 5.15. The molecule has 10 heteroatoms. The number of aromatic nitrogens is 4. The number of amides is 1. The second-order valence-corrected chi connectivity index (χ2v) is 9.76. The Hall–Kier alpha value is -4.44. The van der Waals surface area contributed by atoms with Crippen LogP contribution in [0.1, 0.15) is 18.0 Å². The Morgan fingerprint density at radius 1 is 1.05 bits per heavy atom. The lowest BCUT2D eigenvalue weighted by Crippen LogP contribution is -2.36. The Morgan fingerprint density at radius 2 is 1.85 bits per heavy atom. The minimum atomic E-state index is -0.0513. The first-order valence-corrected chi connectivity index (χ1v) is 13.3. The average molecular weight is 525 g/mol. The number of carbonyl (C=O) groups is 1. The molecule has 2 aromatic heterocycles. The van der Waals surface area contributed by atoms with Gasteiger partial charge in [-0.15, -0.1) is 0 Å². The van der Waals surface area contributed by atoms with Gasteiger partial charge in [-0.1, -0.05) is 36.9 Å². The van der Waals surface area contributed by atoms with E-state index in [1.165, 1.54) is 11.8 Å². The standard InChI is InChI=1S/C29H32N8O2/c1-2-25(38)36-13-12-24(19-36)37-20-31-26-27(30-18-21-6-4-3-5-7-21)33-29(34-28(26)37)32-22-8-10-23(11-9-22)35-14-16-39-17-15-35/h2-11,20,24H,1,12-19H2,(H2,30,32,33,34). The number of likely N-dealkylation sites (tertiary alicyclic amines) is 1. The van der Waals surface area contributed by atoms with Crippen LogP contribution in [0.3, 0.4) is 0 Å². The van der Waals surface area contributed by atoms with Gasteiger partial charge in [-0.05, 0) is 42.3 Å². The summed E-state index contributed by atoms with van der Waals surface area (Å²) < 4.78 is 7.54. The Kier molecular flexibility index (Phi) is 7.09. The van der Waals surface area contributed by atoms with Crippen molar-refractivity contribution >= 4 is 40.2 Å². The maximum atomic E-state index is 12.2. The van der Waals surface area contributed by atoms with Crippen LogP contribution in [0.4, 0.5) is 23.1 Å². The summed E-state index contributed by atoms with van der Waals surface area (Å²) in [4.78, 5) is 30.7. The first-order valence-electron chi connectivity index (χ1n) is 13.3. The van der Waals surface area contributed by atoms with E-state index in [2.05, 4.69) is 55.9 Å². The molecule has 4 aromatic rings. The van der Waals surface area contributed by atoms with Gasteiger partial charge in [0.1, 0.15) is 0 Å². The molecule has 2 fully saturated rings. The van der Waals surface area contributed by atoms with E-state index in [1.807, 2.05) is 35.2 Å². The normalized spacial score (nSPS) is 17.4. The summed E-state index contributed by atoms with van der Waals surface area (Å²) >= 11 is 0. The smallest absolute Gasteiger partial charge is 0.246 e. The predicted molar refractivity (Wildman–Crippen MR) is 152 cm³/mol. The quantitative estimate of drug-likeness (QED) is 0.334. The van der Waals surface area contributed by atoms with Crippen molar-refractivity contribution in [2.45, 2.75) is 19.0 Å². The van der Waals surface area contributed by atoms with Crippen molar-refractivity contribution < 1.29 is 9.53 Å². The molecule has 2 aliphatic heterocycles. The van der Waals surface area contributed by atoms with Crippen molar-refractivity contribution in [1.82, 2.24) is 24.4 Å². The summed E-state index contributed by atoms with van der Waals surface area (Å²) in [6.45, 7) is 8.80. The molecule has 200 valence electrons. The van der Waals surface area contributed by atoms with Gasteiger partial charge in [-0.25, -0.2) is 4.98 Å². The van der Waals surface area contributed by atoms with Crippen molar-refractivity contribution in [3.63, 3.8) is 0 Å². The number of morpholine rings is 1. The lowest BCUT2D eigenvalue weighted by molar-refractivity contribution is -0.125. The van der Waals surface area contributed by atoms with Crippen molar-refractivity contribution in [1.29, 1.82) is 0 Å². The van der Waals surface area contributed by atoms with E-state index in [0.29, 0.717) is 36.9 Å². The Labute approximate surface area is 227 Å². The maximum Gasteiger partial charge on any atom is 0.246 e. The Bertz CT molecular complexity index is 1450. The molecule has 2 aromatic carbocycles. The fourth-order valence-electron chi connectivity index (χ4n) is 5.15. The van der Waals surface area contributed by atoms with E-state index >= 15 is 0 Å². The van der Waals surface area contributed by atoms with E-state index in [9.17, 15) is 4.79 Å². The summed E-state index contributed by atoms with van der Waals surface area (Å²) in [5.74, 6) is 1.09. The molecule has 10 nitrogen and oxygen atoms in total. The number of hydrogen-bond acceptors (Lipinski definition) is 8. The van der Waals surface area contributed by atoms with Crippen LogP contribution in [0.25, 0.3) is 11.2 Å². The number of nitrogens with zero attached hydrogens (tertiary/aromatic N) is 6. The lowest BCUT2D eigenvalue weighted by atomic mass is 10.2. The van der Waals surface area contributed by atoms with Crippen LogP contribution in [-0.4, -0.2) is 69.7 Å². The molecule has 0 aliphatic carbocycles. The van der Waals surface area contributed by atoms with E-state index in [4.69, 9.17) is 14.7 Å². The molecule has 1 atom stereocenters. The molecule has 2 N–H and O–H groups in total. The minimum Gasteiger partial charge on any atom is -0.378 e. The maximum absolute atomic E-state index is 12.2. The lowest BCUT2D eigenvalue weighted by Gasteiger charge is -2.28. The predicted octanol–water partition coefficient (Wildman–Crippen LogP) is 3.98. The van der Waals surface area contributed by atoms with Crippen LogP contribution >= 0.6 is 0 Å². The van der Waals surface area contributed by atoms with Gasteiger partial charge in [0.05, 0.1) is 25.6 Å². The highest BCUT2D eigenvalue weighted by Gasteiger charge is 2.28. The number of benzene rings is 2. The second kappa shape index (κ2) is 11.1. The first kappa shape index (κ1) is 24.9. The van der Waals surface area contributed by atoms with Gasteiger partial charge in [0.25, 0.3) is 0 Å². The number of rotatable bonds is 8. The van der Waals surface area contributed by atoms with Gasteiger partial charge >= 0.3 is 0 Å². The van der Waals surface area contributed by atoms with Gasteiger partial charge in [-0.3, -0.25) is 4.79 Å². The highest BCUT2D eigenvalue weighted by molar-refractivity contribution is 5.87. The third-order valence-electron chi connectivity index (χ3n) is 7.27. The zero-order chi connectivity index (χ0) is 26.6. The summed E-state index contributed by atoms with van der Waals surface area (Å²) in [5, 5.41) is 6.84. The Morgan fingerprint density at radius 3 is 2.62 bits per heavy atom. The van der Waals surface area contributed by atoms with Crippen LogP contribution in [0, 0.1) is 0 Å². The zero-order valence-corrected chi connectivity index (χ0v) is 21.8. The first-order chi connectivity index (χ1) is 19.2. The molecular weight excluding hydrogens is 492 g/mol. The molecule has 0 radical (unpaired) electrons. The molecule has 1 amide bonds. The molecule has 2 saturated heterocycles. The van der Waals surface area contributed by atoms with Crippen LogP contribution in [0.15, 0.2) is 73.6 Å². The van der Waals surface area contributed by atoms with E-state index in [0.717, 1.165) is 49.6 Å². The summed E-state index contributed by atoms with van der Waals surface area (Å²) in [6, 6.07) is 18.6. The van der Waals surface area contributed by atoms with Crippen molar-refractivity contribution in [3.8, 4) is 0 Å². The van der Waals surface area contributed by atoms with Crippen LogP contribution in [-0.2, 0) is 16.1 Å². The van der Waals surface area contributed by atoms with Crippen LogP contribution in [0.5, 0.6) is 0 Å². The third kappa shape index (κ3) is 5.42. The minimum absolute atomic E-state index is 0.0513. The largest absolute Gasteiger partial charge is 0.378 e. The van der Waals surface area contributed by atoms with Crippen LogP contribution < -0.4 is 15.5 Å². The van der Waals surface area contributed by atoms with Gasteiger partial charge in [-0.2, -0.15) is 9.97 Å². The monoisotopic (exact) mass is 524 g/mol. The number of nitrogens with one attached hydrogen (secondary N) is 2. The molecule has 0 bridgehead atoms. The molecule has 0 saturated carbocycles. The van der Waals surface area contributed by atoms with Crippen LogP contribution in [0.2, 0.25) is 0 Å². The molecule has 0 spiro atoms. The average Bonchev–Trinajstić information content (AvgIpc) is 3.65. The molecular formula is C29H32N8O2. The molecule has 6 rings (SSSR count). The van der Waals surface area contributed by atoms with Gasteiger partial charge in [0, 0.05) is 44.1 Å². The number of fused-ring (bicyclic) bond motifs is 1. The van der Waals surface area contributed by atoms with Crippen molar-refractivity contribution in [2.24, 2.45) is 0 Å². The topological polar surface area (TPSA) is 100 Å². The SMILES string of the molecule is C=CC(=O)N1CCC(n2cnc3c(NCc4ccccc4)nc(Nc4ccc(N5CCOCC5)cc4)nc32)C1. The van der Waals surface area contributed by atoms with Crippen molar-refractivity contribution in [2.75, 3.05) is 54.9 Å². The fraction of sp³-hybridized carbons (Fsp3) is 0.310. The Balaban J connectivity index is 1.29. The van der Waals surface area contributed by atoms with Gasteiger partial charge < -0.3 is 29.7 Å². The third-order valence-corrected chi connectivity index (χ3v) is 7.27. The highest BCUT2D eigenvalue weighted by Crippen LogP contribution is 2.30. The zero-order valence-electron chi connectivity index (χ0n) is 21.8. The molecule has 39 heavy (non-hydrogen) atoms. The van der Waals surface area contributed by atoms with Gasteiger partial charge in [0.15, 0.2) is 17.0 Å². The highest BCUT2D eigenvalue weighted by atomic mass is 16.5. The number of anilines is 4. The number of carbonyl (C=O) groups excluding carboxylic acids is 1. The van der Waals surface area contributed by atoms with E-state index in [1.54, 1.807) is 6.33 Å². The number of hydrogen-bond donors (Lipinski definition) is 2. The molecule has 4 heterocycles. The summed E-state index contributed by atoms with van der Waals surface area (Å²) in [5.41, 5.74) is 4.64. The number of imidazole rings is 1. The molecule has 2 aliphatic rings. The van der Waals surface area contributed by atoms with Crippen molar-refractivity contribution in [3.05, 3.63) is 79.1 Å².